The highest BCUT2D eigenvalue weighted by atomic mass is 15.0. The summed E-state index contributed by atoms with van der Waals surface area (Å²) < 4.78 is 0. The number of aryl methyl sites for hydroxylation is 1. The molecule has 94 valence electrons. The fourth-order valence-corrected chi connectivity index (χ4v) is 2.64. The van der Waals surface area contributed by atoms with Gasteiger partial charge in [0.2, 0.25) is 0 Å². The number of hydrogen-bond acceptors (Lipinski definition) is 3. The van der Waals surface area contributed by atoms with Crippen LogP contribution in [0.2, 0.25) is 0 Å². The van der Waals surface area contributed by atoms with Crippen LogP contribution >= 0.6 is 0 Å². The van der Waals surface area contributed by atoms with Gasteiger partial charge in [0.05, 0.1) is 0 Å². The molecule has 0 aromatic carbocycles. The van der Waals surface area contributed by atoms with Gasteiger partial charge < -0.3 is 5.32 Å². The first-order valence-corrected chi connectivity index (χ1v) is 6.79. The highest BCUT2D eigenvalue weighted by molar-refractivity contribution is 5.35. The van der Waals surface area contributed by atoms with Crippen molar-refractivity contribution in [3.8, 4) is 0 Å². The zero-order valence-electron chi connectivity index (χ0n) is 10.9. The van der Waals surface area contributed by atoms with E-state index >= 15 is 0 Å². The number of aromatic nitrogens is 2. The van der Waals surface area contributed by atoms with Crippen molar-refractivity contribution >= 4 is 5.82 Å². The summed E-state index contributed by atoms with van der Waals surface area (Å²) >= 11 is 0. The summed E-state index contributed by atoms with van der Waals surface area (Å²) in [6, 6.07) is 2.51. The molecule has 0 radical (unpaired) electrons. The fraction of sp³-hybridized carbons (Fsp3) is 0.714. The Balaban J connectivity index is 1.74. The molecule has 0 bridgehead atoms. The molecule has 1 unspecified atom stereocenters. The molecule has 1 aromatic rings. The van der Waals surface area contributed by atoms with E-state index in [0.29, 0.717) is 6.04 Å². The molecule has 3 heteroatoms. The summed E-state index contributed by atoms with van der Waals surface area (Å²) in [5.74, 6) is 1.93. The van der Waals surface area contributed by atoms with Crippen LogP contribution < -0.4 is 5.32 Å². The molecule has 1 saturated carbocycles. The van der Waals surface area contributed by atoms with E-state index in [1.807, 2.05) is 13.0 Å². The van der Waals surface area contributed by atoms with Gasteiger partial charge in [-0.3, -0.25) is 0 Å². The highest BCUT2D eigenvalue weighted by Gasteiger charge is 2.15. The summed E-state index contributed by atoms with van der Waals surface area (Å²) in [5, 5.41) is 3.46. The van der Waals surface area contributed by atoms with E-state index in [2.05, 4.69) is 22.2 Å². The average Bonchev–Trinajstić information content (AvgIpc) is 2.79. The SMILES string of the molecule is Cc1cc(NC(C)CCC2CCCC2)ncn1. The number of rotatable bonds is 5. The van der Waals surface area contributed by atoms with Crippen molar-refractivity contribution < 1.29 is 0 Å². The van der Waals surface area contributed by atoms with E-state index in [4.69, 9.17) is 0 Å². The van der Waals surface area contributed by atoms with Crippen LogP contribution in [0.3, 0.4) is 0 Å². The van der Waals surface area contributed by atoms with E-state index in [1.165, 1.54) is 38.5 Å². The molecule has 1 aromatic heterocycles. The van der Waals surface area contributed by atoms with Crippen molar-refractivity contribution in [2.75, 3.05) is 5.32 Å². The van der Waals surface area contributed by atoms with Crippen LogP contribution in [0, 0.1) is 12.8 Å². The minimum Gasteiger partial charge on any atom is -0.368 e. The van der Waals surface area contributed by atoms with E-state index < -0.39 is 0 Å². The van der Waals surface area contributed by atoms with Gasteiger partial charge >= 0.3 is 0 Å². The Morgan fingerprint density at radius 3 is 2.82 bits per heavy atom. The zero-order chi connectivity index (χ0) is 12.1. The Kier molecular flexibility index (Phi) is 4.35. The lowest BCUT2D eigenvalue weighted by Crippen LogP contribution is -2.17. The van der Waals surface area contributed by atoms with E-state index in [0.717, 1.165) is 17.4 Å². The summed E-state index contributed by atoms with van der Waals surface area (Å²) in [4.78, 5) is 8.34. The number of anilines is 1. The molecule has 1 aliphatic rings. The molecular formula is C14H23N3. The smallest absolute Gasteiger partial charge is 0.129 e. The fourth-order valence-electron chi connectivity index (χ4n) is 2.64. The van der Waals surface area contributed by atoms with E-state index in [-0.39, 0.29) is 0 Å². The number of hydrogen-bond donors (Lipinski definition) is 1. The third-order valence-electron chi connectivity index (χ3n) is 3.68. The van der Waals surface area contributed by atoms with Crippen molar-refractivity contribution in [1.82, 2.24) is 9.97 Å². The first-order chi connectivity index (χ1) is 8.24. The van der Waals surface area contributed by atoms with Crippen LogP contribution in [-0.2, 0) is 0 Å². The molecule has 3 nitrogen and oxygen atoms in total. The van der Waals surface area contributed by atoms with Crippen LogP contribution in [0.15, 0.2) is 12.4 Å². The van der Waals surface area contributed by atoms with Crippen molar-refractivity contribution in [3.63, 3.8) is 0 Å². The zero-order valence-corrected chi connectivity index (χ0v) is 10.9. The topological polar surface area (TPSA) is 37.8 Å². The van der Waals surface area contributed by atoms with Crippen molar-refractivity contribution in [2.24, 2.45) is 5.92 Å². The van der Waals surface area contributed by atoms with Crippen LogP contribution in [0.1, 0.15) is 51.1 Å². The first-order valence-electron chi connectivity index (χ1n) is 6.79. The molecule has 2 rings (SSSR count). The quantitative estimate of drug-likeness (QED) is 0.845. The molecule has 0 saturated heterocycles. The van der Waals surface area contributed by atoms with Gasteiger partial charge in [0.25, 0.3) is 0 Å². The maximum absolute atomic E-state index is 4.24. The Morgan fingerprint density at radius 1 is 1.35 bits per heavy atom. The minimum atomic E-state index is 0.505. The van der Waals surface area contributed by atoms with Gasteiger partial charge in [0.15, 0.2) is 0 Å². The second-order valence-electron chi connectivity index (χ2n) is 5.32. The second-order valence-corrected chi connectivity index (χ2v) is 5.32. The standard InChI is InChI=1S/C14H23N3/c1-11(7-8-13-5-3-4-6-13)17-14-9-12(2)15-10-16-14/h9-11,13H,3-8H2,1-2H3,(H,15,16,17). The monoisotopic (exact) mass is 233 g/mol. The third-order valence-corrected chi connectivity index (χ3v) is 3.68. The van der Waals surface area contributed by atoms with Crippen LogP contribution in [0.25, 0.3) is 0 Å². The van der Waals surface area contributed by atoms with Crippen molar-refractivity contribution in [3.05, 3.63) is 18.1 Å². The molecule has 1 atom stereocenters. The van der Waals surface area contributed by atoms with Crippen LogP contribution in [-0.4, -0.2) is 16.0 Å². The van der Waals surface area contributed by atoms with E-state index in [9.17, 15) is 0 Å². The second kappa shape index (κ2) is 5.99. The van der Waals surface area contributed by atoms with Gasteiger partial charge in [0, 0.05) is 17.8 Å². The lowest BCUT2D eigenvalue weighted by Gasteiger charge is -2.16. The molecule has 17 heavy (non-hydrogen) atoms. The van der Waals surface area contributed by atoms with Crippen molar-refractivity contribution in [1.29, 1.82) is 0 Å². The average molecular weight is 233 g/mol. The largest absolute Gasteiger partial charge is 0.368 e. The van der Waals surface area contributed by atoms with Gasteiger partial charge in [-0.2, -0.15) is 0 Å². The molecule has 0 spiro atoms. The lowest BCUT2D eigenvalue weighted by molar-refractivity contribution is 0.467. The Labute approximate surface area is 104 Å². The molecule has 1 aliphatic carbocycles. The first kappa shape index (κ1) is 12.3. The summed E-state index contributed by atoms with van der Waals surface area (Å²) in [6.07, 6.45) is 10.0. The lowest BCUT2D eigenvalue weighted by atomic mass is 9.99. The molecule has 0 amide bonds. The van der Waals surface area contributed by atoms with Crippen LogP contribution in [0.5, 0.6) is 0 Å². The van der Waals surface area contributed by atoms with Gasteiger partial charge in [-0.1, -0.05) is 25.7 Å². The van der Waals surface area contributed by atoms with Gasteiger partial charge in [-0.05, 0) is 32.6 Å². The van der Waals surface area contributed by atoms with Gasteiger partial charge in [0.1, 0.15) is 12.1 Å². The van der Waals surface area contributed by atoms with Gasteiger partial charge in [-0.25, -0.2) is 9.97 Å². The molecule has 0 aliphatic heterocycles. The molecule has 1 heterocycles. The Bertz CT molecular complexity index is 345. The predicted octanol–water partition coefficient (Wildman–Crippen LogP) is 3.56. The van der Waals surface area contributed by atoms with Gasteiger partial charge in [-0.15, -0.1) is 0 Å². The minimum absolute atomic E-state index is 0.505. The normalized spacial score (nSPS) is 18.2. The highest BCUT2D eigenvalue weighted by Crippen LogP contribution is 2.29. The molecule has 1 fully saturated rings. The number of nitrogens with zero attached hydrogens (tertiary/aromatic N) is 2. The Morgan fingerprint density at radius 2 is 2.12 bits per heavy atom. The summed E-state index contributed by atoms with van der Waals surface area (Å²) in [7, 11) is 0. The molecule has 1 N–H and O–H groups in total. The predicted molar refractivity (Wildman–Crippen MR) is 71.0 cm³/mol. The van der Waals surface area contributed by atoms with Crippen LogP contribution in [0.4, 0.5) is 5.82 Å². The van der Waals surface area contributed by atoms with E-state index in [1.54, 1.807) is 6.33 Å². The number of nitrogens with one attached hydrogen (secondary N) is 1. The summed E-state index contributed by atoms with van der Waals surface area (Å²) in [5.41, 5.74) is 1.02. The summed E-state index contributed by atoms with van der Waals surface area (Å²) in [6.45, 7) is 4.24. The molecular weight excluding hydrogens is 210 g/mol. The van der Waals surface area contributed by atoms with Crippen molar-refractivity contribution in [2.45, 2.75) is 58.4 Å². The maximum Gasteiger partial charge on any atom is 0.129 e. The third kappa shape index (κ3) is 3.99. The Hall–Kier alpha value is -1.12. The maximum atomic E-state index is 4.24.